The zero-order valence-electron chi connectivity index (χ0n) is 20.8. The third kappa shape index (κ3) is 4.07. The van der Waals surface area contributed by atoms with Crippen molar-refractivity contribution in [1.29, 1.82) is 0 Å². The van der Waals surface area contributed by atoms with E-state index in [2.05, 4.69) is 0 Å². The number of benzene rings is 4. The van der Waals surface area contributed by atoms with Gasteiger partial charge in [0.2, 0.25) is 5.43 Å². The van der Waals surface area contributed by atoms with Crippen LogP contribution in [0.25, 0.3) is 50.6 Å². The van der Waals surface area contributed by atoms with Gasteiger partial charge in [0.15, 0.2) is 5.82 Å². The number of ether oxygens (including phenoxy) is 1. The van der Waals surface area contributed by atoms with Gasteiger partial charge in [-0.05, 0) is 36.8 Å². The van der Waals surface area contributed by atoms with Crippen LogP contribution in [0.5, 0.6) is 5.75 Å². The number of imidazole rings is 1. The average molecular weight is 519 g/mol. The number of nitrogens with zero attached hydrogens (tertiary/aromatic N) is 2. The highest BCUT2D eigenvalue weighted by atomic mass is 35.5. The van der Waals surface area contributed by atoms with Gasteiger partial charge < -0.3 is 9.15 Å². The predicted octanol–water partition coefficient (Wildman–Crippen LogP) is 7.95. The second-order valence-electron chi connectivity index (χ2n) is 8.98. The summed E-state index contributed by atoms with van der Waals surface area (Å²) in [5.74, 6) is 1.15. The fourth-order valence-corrected chi connectivity index (χ4v) is 4.83. The van der Waals surface area contributed by atoms with Crippen LogP contribution in [-0.2, 0) is 0 Å². The van der Waals surface area contributed by atoms with Crippen molar-refractivity contribution in [3.63, 3.8) is 0 Å². The summed E-state index contributed by atoms with van der Waals surface area (Å²) in [7, 11) is 1.63. The van der Waals surface area contributed by atoms with Crippen LogP contribution in [0.4, 0.5) is 0 Å². The maximum absolute atomic E-state index is 13.9. The van der Waals surface area contributed by atoms with Gasteiger partial charge in [-0.15, -0.1) is 0 Å². The Labute approximate surface area is 224 Å². The molecule has 0 atom stereocenters. The van der Waals surface area contributed by atoms with E-state index in [1.165, 1.54) is 6.26 Å². The van der Waals surface area contributed by atoms with Crippen LogP contribution >= 0.6 is 11.6 Å². The number of fused-ring (bicyclic) bond motifs is 1. The van der Waals surface area contributed by atoms with Crippen LogP contribution in [0.1, 0.15) is 5.56 Å². The molecule has 0 saturated carbocycles. The lowest BCUT2D eigenvalue weighted by molar-refractivity contribution is 0.414. The van der Waals surface area contributed by atoms with Crippen LogP contribution in [0.3, 0.4) is 0 Å². The van der Waals surface area contributed by atoms with E-state index in [0.717, 1.165) is 33.8 Å². The molecule has 0 aliphatic heterocycles. The maximum Gasteiger partial charge on any atom is 0.203 e. The van der Waals surface area contributed by atoms with Crippen LogP contribution < -0.4 is 10.2 Å². The summed E-state index contributed by atoms with van der Waals surface area (Å²) in [6.45, 7) is 1.88. The van der Waals surface area contributed by atoms with Gasteiger partial charge in [0, 0.05) is 22.2 Å². The zero-order chi connectivity index (χ0) is 26.2. The van der Waals surface area contributed by atoms with E-state index in [0.29, 0.717) is 33.1 Å². The highest BCUT2D eigenvalue weighted by Crippen LogP contribution is 2.39. The smallest absolute Gasteiger partial charge is 0.203 e. The maximum atomic E-state index is 13.9. The monoisotopic (exact) mass is 518 g/mol. The summed E-state index contributed by atoms with van der Waals surface area (Å²) < 4.78 is 13.5. The highest BCUT2D eigenvalue weighted by Gasteiger charge is 2.25. The van der Waals surface area contributed by atoms with E-state index >= 15 is 0 Å². The number of hydrogen-bond acceptors (Lipinski definition) is 4. The molecule has 38 heavy (non-hydrogen) atoms. The third-order valence-corrected chi connectivity index (χ3v) is 6.99. The predicted molar refractivity (Wildman–Crippen MR) is 152 cm³/mol. The Morgan fingerprint density at radius 1 is 0.868 bits per heavy atom. The molecular formula is C32H23ClN2O3. The first-order chi connectivity index (χ1) is 18.5. The molecule has 6 heteroatoms. The lowest BCUT2D eigenvalue weighted by Gasteiger charge is -2.14. The number of halogens is 1. The van der Waals surface area contributed by atoms with Crippen LogP contribution in [-0.4, -0.2) is 16.7 Å². The molecule has 2 heterocycles. The van der Waals surface area contributed by atoms with Gasteiger partial charge in [-0.25, -0.2) is 4.98 Å². The van der Waals surface area contributed by atoms with Crippen molar-refractivity contribution in [2.45, 2.75) is 6.92 Å². The first kappa shape index (κ1) is 23.8. The Balaban J connectivity index is 1.74. The normalized spacial score (nSPS) is 11.1. The van der Waals surface area contributed by atoms with Crippen molar-refractivity contribution in [1.82, 2.24) is 9.55 Å². The minimum absolute atomic E-state index is 0.207. The quantitative estimate of drug-likeness (QED) is 0.232. The largest absolute Gasteiger partial charge is 0.497 e. The van der Waals surface area contributed by atoms with Crippen molar-refractivity contribution in [3.8, 4) is 45.3 Å². The Morgan fingerprint density at radius 2 is 1.58 bits per heavy atom. The molecule has 0 N–H and O–H groups in total. The molecular weight excluding hydrogens is 496 g/mol. The highest BCUT2D eigenvalue weighted by molar-refractivity contribution is 6.32. The second kappa shape index (κ2) is 9.69. The molecule has 0 fully saturated rings. The molecule has 0 saturated heterocycles. The molecule has 2 aromatic heterocycles. The Morgan fingerprint density at radius 3 is 2.29 bits per heavy atom. The summed E-state index contributed by atoms with van der Waals surface area (Å²) in [6.07, 6.45) is 1.49. The molecule has 186 valence electrons. The van der Waals surface area contributed by atoms with Gasteiger partial charge in [-0.3, -0.25) is 9.36 Å². The summed E-state index contributed by atoms with van der Waals surface area (Å²) in [4.78, 5) is 19.0. The van der Waals surface area contributed by atoms with E-state index in [1.54, 1.807) is 19.2 Å². The minimum atomic E-state index is -0.207. The molecule has 0 bridgehead atoms. The fraction of sp³-hybridized carbons (Fsp3) is 0.0625. The number of methoxy groups -OCH3 is 1. The van der Waals surface area contributed by atoms with Gasteiger partial charge in [0.25, 0.3) is 0 Å². The molecule has 0 aliphatic rings. The zero-order valence-corrected chi connectivity index (χ0v) is 21.6. The van der Waals surface area contributed by atoms with E-state index < -0.39 is 0 Å². The second-order valence-corrected chi connectivity index (χ2v) is 9.38. The van der Waals surface area contributed by atoms with Crippen molar-refractivity contribution in [3.05, 3.63) is 124 Å². The van der Waals surface area contributed by atoms with E-state index in [4.69, 9.17) is 25.7 Å². The number of hydrogen-bond donors (Lipinski definition) is 0. The Kier molecular flexibility index (Phi) is 6.06. The fourth-order valence-electron chi connectivity index (χ4n) is 4.67. The molecule has 0 aliphatic carbocycles. The summed E-state index contributed by atoms with van der Waals surface area (Å²) >= 11 is 6.39. The topological polar surface area (TPSA) is 57.3 Å². The van der Waals surface area contributed by atoms with E-state index in [-0.39, 0.29) is 5.43 Å². The lowest BCUT2D eigenvalue weighted by Crippen LogP contribution is -2.09. The first-order valence-corrected chi connectivity index (χ1v) is 12.5. The number of aromatic nitrogens is 2. The SMILES string of the molecule is COc1cccc(-n2c(-c3coc4cc(C)c(Cl)cc4c3=O)nc(-c3ccccc3)c2-c2ccccc2)c1. The van der Waals surface area contributed by atoms with Gasteiger partial charge in [0.1, 0.15) is 23.2 Å². The van der Waals surface area contributed by atoms with Crippen molar-refractivity contribution in [2.75, 3.05) is 7.11 Å². The van der Waals surface area contributed by atoms with Gasteiger partial charge in [-0.1, -0.05) is 78.3 Å². The Hall–Kier alpha value is -4.61. The average Bonchev–Trinajstić information content (AvgIpc) is 3.36. The van der Waals surface area contributed by atoms with Gasteiger partial charge in [0.05, 0.1) is 29.6 Å². The molecule has 0 radical (unpaired) electrons. The van der Waals surface area contributed by atoms with Gasteiger partial charge >= 0.3 is 0 Å². The molecule has 4 aromatic carbocycles. The van der Waals surface area contributed by atoms with Crippen LogP contribution in [0, 0.1) is 6.92 Å². The van der Waals surface area contributed by atoms with Crippen LogP contribution in [0.2, 0.25) is 5.02 Å². The van der Waals surface area contributed by atoms with E-state index in [9.17, 15) is 4.79 Å². The molecule has 5 nitrogen and oxygen atoms in total. The summed E-state index contributed by atoms with van der Waals surface area (Å²) in [6, 6.07) is 31.1. The summed E-state index contributed by atoms with van der Waals surface area (Å²) in [5, 5.41) is 0.911. The van der Waals surface area contributed by atoms with Gasteiger partial charge in [-0.2, -0.15) is 0 Å². The minimum Gasteiger partial charge on any atom is -0.497 e. The molecule has 0 spiro atoms. The lowest BCUT2D eigenvalue weighted by atomic mass is 10.0. The first-order valence-electron chi connectivity index (χ1n) is 12.1. The van der Waals surface area contributed by atoms with Crippen molar-refractivity contribution < 1.29 is 9.15 Å². The molecule has 6 rings (SSSR count). The van der Waals surface area contributed by atoms with Crippen LogP contribution in [0.15, 0.2) is 113 Å². The summed E-state index contributed by atoms with van der Waals surface area (Å²) in [5.41, 5.74) is 5.72. The third-order valence-electron chi connectivity index (χ3n) is 6.58. The molecule has 6 aromatic rings. The molecule has 0 amide bonds. The molecule has 0 unspecified atom stereocenters. The standard InChI is InChI=1S/C32H23ClN2O3/c1-20-16-28-25(18-27(20)33)31(36)26(19-38-28)32-34-29(21-10-5-3-6-11-21)30(22-12-7-4-8-13-22)35(32)23-14-9-15-24(17-23)37-2/h3-19H,1-2H3. The van der Waals surface area contributed by atoms with Crippen molar-refractivity contribution >= 4 is 22.6 Å². The number of aryl methyl sites for hydroxylation is 1. The number of rotatable bonds is 5. The van der Waals surface area contributed by atoms with E-state index in [1.807, 2.05) is 96.4 Å². The van der Waals surface area contributed by atoms with Crippen molar-refractivity contribution in [2.24, 2.45) is 0 Å². The Bertz CT molecular complexity index is 1840.